The normalized spacial score (nSPS) is 17.8. The van der Waals surface area contributed by atoms with Crippen LogP contribution in [0.4, 0.5) is 0 Å². The van der Waals surface area contributed by atoms with Crippen LogP contribution in [-0.4, -0.2) is 37.0 Å². The summed E-state index contributed by atoms with van der Waals surface area (Å²) in [5.74, 6) is -1.74. The number of carbonyl (C=O) groups is 1. The zero-order chi connectivity index (χ0) is 19.2. The minimum absolute atomic E-state index is 0.0323. The minimum Gasteiger partial charge on any atom is -0.790 e. The molecule has 0 spiro atoms. The van der Waals surface area contributed by atoms with Gasteiger partial charge in [0.05, 0.1) is 35.7 Å². The molecule has 0 aromatic rings. The predicted octanol–water partition coefficient (Wildman–Crippen LogP) is -1.33. The first-order valence-corrected chi connectivity index (χ1v) is 11.5. The molecule has 24 heavy (non-hydrogen) atoms. The third-order valence-electron chi connectivity index (χ3n) is 2.93. The largest absolute Gasteiger partial charge is 0.790 e. The molecule has 0 bridgehead atoms. The fraction of sp³-hybridized carbons (Fsp3) is 0.900. The van der Waals surface area contributed by atoms with Gasteiger partial charge in [0.1, 0.15) is 7.60 Å². The smallest absolute Gasteiger partial charge is 0.308 e. The van der Waals surface area contributed by atoms with Gasteiger partial charge in [-0.1, -0.05) is 13.8 Å². The topological polar surface area (TPSA) is 196 Å². The Bertz CT molecular complexity index is 610. The maximum atomic E-state index is 11.6. The van der Waals surface area contributed by atoms with Gasteiger partial charge in [-0.2, -0.15) is 0 Å². The van der Waals surface area contributed by atoms with Gasteiger partial charge in [0.2, 0.25) is 0 Å². The molecule has 3 atom stereocenters. The van der Waals surface area contributed by atoms with E-state index in [2.05, 4.69) is 4.31 Å². The lowest BCUT2D eigenvalue weighted by Gasteiger charge is -2.36. The van der Waals surface area contributed by atoms with Gasteiger partial charge in [0.15, 0.2) is 0 Å². The van der Waals surface area contributed by atoms with Gasteiger partial charge >= 0.3 is 5.97 Å². The van der Waals surface area contributed by atoms with Gasteiger partial charge < -0.3 is 37.4 Å². The quantitative estimate of drug-likeness (QED) is 0.170. The number of esters is 1. The summed E-state index contributed by atoms with van der Waals surface area (Å²) in [4.78, 5) is 43.2. The van der Waals surface area contributed by atoms with Crippen LogP contribution in [0.5, 0.6) is 0 Å². The highest BCUT2D eigenvalue weighted by molar-refractivity contribution is 7.86. The van der Waals surface area contributed by atoms with Gasteiger partial charge in [-0.15, -0.1) is 0 Å². The van der Waals surface area contributed by atoms with Crippen molar-refractivity contribution in [2.24, 2.45) is 5.92 Å². The van der Waals surface area contributed by atoms with Crippen molar-refractivity contribution in [1.82, 2.24) is 0 Å². The minimum atomic E-state index is -5.68. The molecule has 0 saturated heterocycles. The summed E-state index contributed by atoms with van der Waals surface area (Å²) in [6, 6.07) is 0. The molecule has 0 amide bonds. The van der Waals surface area contributed by atoms with Gasteiger partial charge in [-0.05, 0) is 19.3 Å². The Hall–Kier alpha value is -0.320. The lowest BCUT2D eigenvalue weighted by molar-refractivity contribution is -0.337. The predicted molar refractivity (Wildman–Crippen MR) is 74.3 cm³/mol. The van der Waals surface area contributed by atoms with Crippen LogP contribution < -0.4 is 14.7 Å². The number of hydrogen-bond acceptors (Lipinski definition) is 11. The third-order valence-corrected chi connectivity index (χ3v) is 6.93. The van der Waals surface area contributed by atoms with Crippen molar-refractivity contribution in [2.45, 2.75) is 38.4 Å². The first-order valence-electron chi connectivity index (χ1n) is 6.82. The number of phosphoric acid groups is 1. The first-order chi connectivity index (χ1) is 10.7. The first kappa shape index (κ1) is 23.7. The second kappa shape index (κ2) is 9.40. The summed E-state index contributed by atoms with van der Waals surface area (Å²) in [7, 11) is -15.1. The molecule has 0 rings (SSSR count). The van der Waals surface area contributed by atoms with E-state index in [1.165, 1.54) is 13.8 Å². The SMILES string of the molecule is CCC(CC(C)C(=O)OCCCP(=O)([O-])OP(=O)([O-])[O-])S(=O)(=O)[O-]. The van der Waals surface area contributed by atoms with Crippen molar-refractivity contribution in [3.8, 4) is 0 Å². The Morgan fingerprint density at radius 2 is 1.75 bits per heavy atom. The van der Waals surface area contributed by atoms with Gasteiger partial charge in [-0.3, -0.25) is 4.79 Å². The fourth-order valence-electron chi connectivity index (χ4n) is 1.75. The third kappa shape index (κ3) is 10.5. The molecule has 11 nitrogen and oxygen atoms in total. The van der Waals surface area contributed by atoms with Crippen molar-refractivity contribution in [1.29, 1.82) is 0 Å². The number of carbonyl (C=O) groups excluding carboxylic acids is 1. The summed E-state index contributed by atoms with van der Waals surface area (Å²) in [5, 5.41) is -1.24. The van der Waals surface area contributed by atoms with Gasteiger partial charge in [-0.25, -0.2) is 8.42 Å². The fourth-order valence-corrected chi connectivity index (χ4v) is 4.74. The summed E-state index contributed by atoms with van der Waals surface area (Å²) >= 11 is 0. The van der Waals surface area contributed by atoms with Gasteiger partial charge in [0, 0.05) is 6.16 Å². The van der Waals surface area contributed by atoms with Crippen molar-refractivity contribution in [3.05, 3.63) is 0 Å². The lowest BCUT2D eigenvalue weighted by Crippen LogP contribution is -2.27. The van der Waals surface area contributed by atoms with Crippen LogP contribution in [0.15, 0.2) is 0 Å². The molecule has 0 aliphatic carbocycles. The Kier molecular flexibility index (Phi) is 9.27. The van der Waals surface area contributed by atoms with E-state index in [1.54, 1.807) is 0 Å². The Morgan fingerprint density at radius 3 is 2.17 bits per heavy atom. The molecular formula is C10H18O11P2S-4. The zero-order valence-corrected chi connectivity index (χ0v) is 15.6. The molecule has 144 valence electrons. The van der Waals surface area contributed by atoms with Crippen LogP contribution in [0.3, 0.4) is 0 Å². The molecule has 0 aromatic heterocycles. The molecule has 0 radical (unpaired) electrons. The van der Waals surface area contributed by atoms with Crippen LogP contribution >= 0.6 is 15.4 Å². The van der Waals surface area contributed by atoms with Crippen LogP contribution in [0, 0.1) is 5.92 Å². The highest BCUT2D eigenvalue weighted by Gasteiger charge is 2.23. The molecule has 3 unspecified atom stereocenters. The zero-order valence-electron chi connectivity index (χ0n) is 13.0. The molecular weight excluding hydrogens is 390 g/mol. The molecule has 0 aliphatic rings. The van der Waals surface area contributed by atoms with E-state index >= 15 is 0 Å². The second-order valence-electron chi connectivity index (χ2n) is 5.04. The van der Waals surface area contributed by atoms with E-state index in [0.29, 0.717) is 0 Å². The number of rotatable bonds is 11. The number of hydrogen-bond donors (Lipinski definition) is 0. The Morgan fingerprint density at radius 1 is 1.21 bits per heavy atom. The molecule has 0 aliphatic heterocycles. The standard InChI is InChI=1S/C10H22O11P2S/c1-3-9(24(17,18)19)7-8(2)10(11)20-5-4-6-22(12,13)21-23(14,15)16/h8-9H,3-7H2,1-2H3,(H,12,13)(H2,14,15,16)(H,17,18,19)/p-4. The summed E-state index contributed by atoms with van der Waals surface area (Å²) in [6.07, 6.45) is -1.36. The Balaban J connectivity index is 4.31. The van der Waals surface area contributed by atoms with Crippen molar-refractivity contribution < 1.29 is 50.6 Å². The van der Waals surface area contributed by atoms with Crippen LogP contribution in [0.1, 0.15) is 33.1 Å². The average molecular weight is 408 g/mol. The van der Waals surface area contributed by atoms with Gasteiger partial charge in [0.25, 0.3) is 0 Å². The Labute approximate surface area is 139 Å². The second-order valence-corrected chi connectivity index (χ2v) is 9.91. The van der Waals surface area contributed by atoms with E-state index in [4.69, 9.17) is 4.74 Å². The van der Waals surface area contributed by atoms with E-state index in [-0.39, 0.29) is 19.3 Å². The molecule has 0 fully saturated rings. The van der Waals surface area contributed by atoms with Crippen molar-refractivity contribution >= 4 is 31.5 Å². The van der Waals surface area contributed by atoms with Crippen molar-refractivity contribution in [2.75, 3.05) is 12.8 Å². The maximum Gasteiger partial charge on any atom is 0.308 e. The van der Waals surface area contributed by atoms with E-state index < -0.39 is 55.4 Å². The highest BCUT2D eigenvalue weighted by atomic mass is 32.2. The molecule has 0 saturated carbocycles. The monoisotopic (exact) mass is 408 g/mol. The van der Waals surface area contributed by atoms with Crippen LogP contribution in [-0.2, 0) is 33.1 Å². The van der Waals surface area contributed by atoms with E-state index in [9.17, 15) is 41.6 Å². The molecule has 0 N–H and O–H groups in total. The maximum absolute atomic E-state index is 11.6. The molecule has 14 heteroatoms. The molecule has 0 aromatic carbocycles. The number of ether oxygens (including phenoxy) is 1. The average Bonchev–Trinajstić information content (AvgIpc) is 2.36. The van der Waals surface area contributed by atoms with Crippen molar-refractivity contribution in [3.63, 3.8) is 0 Å². The van der Waals surface area contributed by atoms with Crippen LogP contribution in [0.2, 0.25) is 0 Å². The van der Waals surface area contributed by atoms with E-state index in [0.717, 1.165) is 0 Å². The lowest BCUT2D eigenvalue weighted by atomic mass is 10.0. The summed E-state index contributed by atoms with van der Waals surface area (Å²) in [6.45, 7) is 2.42. The van der Waals surface area contributed by atoms with Crippen LogP contribution in [0.25, 0.3) is 0 Å². The summed E-state index contributed by atoms with van der Waals surface area (Å²) < 4.78 is 62.2. The highest BCUT2D eigenvalue weighted by Crippen LogP contribution is 2.49. The molecule has 0 heterocycles. The summed E-state index contributed by atoms with van der Waals surface area (Å²) in [5.41, 5.74) is 0. The van der Waals surface area contributed by atoms with E-state index in [1.807, 2.05) is 0 Å².